The fourth-order valence-corrected chi connectivity index (χ4v) is 4.89. The summed E-state index contributed by atoms with van der Waals surface area (Å²) in [6, 6.07) is 5.56. The van der Waals surface area contributed by atoms with Crippen LogP contribution in [0.4, 0.5) is 0 Å². The third-order valence-electron chi connectivity index (χ3n) is 6.49. The van der Waals surface area contributed by atoms with Crippen molar-refractivity contribution >= 4 is 17.5 Å². The number of aryl methyl sites for hydroxylation is 1. The number of ether oxygens (including phenoxy) is 1. The van der Waals surface area contributed by atoms with Gasteiger partial charge in [0, 0.05) is 28.8 Å². The zero-order valence-corrected chi connectivity index (χ0v) is 17.0. The van der Waals surface area contributed by atoms with Crippen LogP contribution in [0.25, 0.3) is 0 Å². The van der Waals surface area contributed by atoms with E-state index in [0.717, 1.165) is 36.4 Å². The van der Waals surface area contributed by atoms with Gasteiger partial charge in [0.1, 0.15) is 11.5 Å². The van der Waals surface area contributed by atoms with Crippen LogP contribution in [0.15, 0.2) is 28.9 Å². The highest BCUT2D eigenvalue weighted by atomic mass is 16.5. The molecule has 0 radical (unpaired) electrons. The van der Waals surface area contributed by atoms with Gasteiger partial charge in [-0.2, -0.15) is 0 Å². The van der Waals surface area contributed by atoms with Crippen molar-refractivity contribution in [3.63, 3.8) is 0 Å². The first-order valence-electron chi connectivity index (χ1n) is 10.4. The Kier molecular flexibility index (Phi) is 5.43. The standard InChI is InChI=1S/C23H27NO5/c1-14-9-20(15(2)24(14)12-19-7-4-8-28-19)21(25)13-29-23(27)18-10-16-5-3-6-17(11-18)22(16)26/h4,7-9,16-18H,3,5-6,10-13H2,1-2H3/t16-,17+,18?. The predicted octanol–water partition coefficient (Wildman–Crippen LogP) is 3.87. The lowest BCUT2D eigenvalue weighted by Gasteiger charge is -2.36. The summed E-state index contributed by atoms with van der Waals surface area (Å²) >= 11 is 0. The molecule has 2 bridgehead atoms. The Morgan fingerprint density at radius 2 is 1.93 bits per heavy atom. The number of Topliss-reactive ketones (excluding diaryl/α,β-unsaturated/α-hetero) is 2. The Bertz CT molecular complexity index is 907. The van der Waals surface area contributed by atoms with Crippen molar-refractivity contribution in [1.82, 2.24) is 4.57 Å². The number of ketones is 2. The van der Waals surface area contributed by atoms with Crippen LogP contribution in [0, 0.1) is 31.6 Å². The number of fused-ring (bicyclic) bond motifs is 2. The van der Waals surface area contributed by atoms with E-state index in [1.165, 1.54) is 0 Å². The van der Waals surface area contributed by atoms with Crippen molar-refractivity contribution in [2.45, 2.75) is 52.5 Å². The molecule has 154 valence electrons. The molecule has 1 unspecified atom stereocenters. The molecular weight excluding hydrogens is 370 g/mol. The van der Waals surface area contributed by atoms with Crippen molar-refractivity contribution in [2.75, 3.05) is 6.61 Å². The van der Waals surface area contributed by atoms with Gasteiger partial charge >= 0.3 is 5.97 Å². The molecule has 0 aliphatic heterocycles. The van der Waals surface area contributed by atoms with E-state index in [9.17, 15) is 14.4 Å². The van der Waals surface area contributed by atoms with E-state index in [0.29, 0.717) is 30.7 Å². The van der Waals surface area contributed by atoms with Gasteiger partial charge in [0.2, 0.25) is 5.78 Å². The maximum absolute atomic E-state index is 12.7. The van der Waals surface area contributed by atoms with E-state index >= 15 is 0 Å². The number of hydrogen-bond acceptors (Lipinski definition) is 5. The second-order valence-electron chi connectivity index (χ2n) is 8.38. The third kappa shape index (κ3) is 3.93. The lowest BCUT2D eigenvalue weighted by Crippen LogP contribution is -2.39. The number of nitrogens with zero attached hydrogens (tertiary/aromatic N) is 1. The minimum absolute atomic E-state index is 0.00345. The molecule has 0 amide bonds. The summed E-state index contributed by atoms with van der Waals surface area (Å²) in [5.74, 6) is 0.320. The van der Waals surface area contributed by atoms with Gasteiger partial charge in [-0.15, -0.1) is 0 Å². The molecule has 2 aromatic heterocycles. The smallest absolute Gasteiger partial charge is 0.309 e. The molecule has 3 atom stereocenters. The molecule has 0 saturated heterocycles. The van der Waals surface area contributed by atoms with Crippen LogP contribution in [-0.2, 0) is 20.9 Å². The van der Waals surface area contributed by atoms with Crippen LogP contribution in [0.3, 0.4) is 0 Å². The van der Waals surface area contributed by atoms with Crippen LogP contribution in [-0.4, -0.2) is 28.7 Å². The number of rotatable bonds is 6. The highest BCUT2D eigenvalue weighted by molar-refractivity contribution is 5.99. The number of hydrogen-bond donors (Lipinski definition) is 0. The van der Waals surface area contributed by atoms with Gasteiger partial charge in [-0.05, 0) is 57.7 Å². The molecule has 6 nitrogen and oxygen atoms in total. The topological polar surface area (TPSA) is 78.5 Å². The normalized spacial score (nSPS) is 23.8. The van der Waals surface area contributed by atoms with Gasteiger partial charge < -0.3 is 13.7 Å². The van der Waals surface area contributed by atoms with E-state index in [-0.39, 0.29) is 36.1 Å². The molecule has 0 N–H and O–H groups in total. The van der Waals surface area contributed by atoms with Crippen molar-refractivity contribution < 1.29 is 23.5 Å². The summed E-state index contributed by atoms with van der Waals surface area (Å²) in [6.07, 6.45) is 5.58. The Labute approximate surface area is 170 Å². The first-order chi connectivity index (χ1) is 13.9. The van der Waals surface area contributed by atoms with Crippen molar-refractivity contribution in [1.29, 1.82) is 0 Å². The molecule has 2 aliphatic carbocycles. The maximum atomic E-state index is 12.7. The Balaban J connectivity index is 1.37. The van der Waals surface area contributed by atoms with Gasteiger partial charge in [-0.25, -0.2) is 0 Å². The van der Waals surface area contributed by atoms with E-state index in [1.807, 2.05) is 36.6 Å². The summed E-state index contributed by atoms with van der Waals surface area (Å²) < 4.78 is 12.8. The molecule has 29 heavy (non-hydrogen) atoms. The summed E-state index contributed by atoms with van der Waals surface area (Å²) in [4.78, 5) is 37.4. The fourth-order valence-electron chi connectivity index (χ4n) is 4.89. The Morgan fingerprint density at radius 1 is 1.21 bits per heavy atom. The van der Waals surface area contributed by atoms with Crippen molar-refractivity contribution in [3.05, 3.63) is 47.2 Å². The first kappa shape index (κ1) is 19.7. The highest BCUT2D eigenvalue weighted by Gasteiger charge is 2.41. The SMILES string of the molecule is Cc1cc(C(=O)COC(=O)C2C[C@H]3CCC[C@@H](C2)C3=O)c(C)n1Cc1ccco1. The second kappa shape index (κ2) is 8.01. The molecule has 2 aromatic rings. The molecular formula is C23H27NO5. The summed E-state index contributed by atoms with van der Waals surface area (Å²) in [5, 5.41) is 0. The van der Waals surface area contributed by atoms with Crippen LogP contribution >= 0.6 is 0 Å². The van der Waals surface area contributed by atoms with Crippen molar-refractivity contribution in [2.24, 2.45) is 17.8 Å². The maximum Gasteiger partial charge on any atom is 0.309 e. The molecule has 2 aliphatic rings. The van der Waals surface area contributed by atoms with Gasteiger partial charge in [0.05, 0.1) is 18.7 Å². The lowest BCUT2D eigenvalue weighted by molar-refractivity contribution is -0.152. The zero-order valence-electron chi connectivity index (χ0n) is 17.0. The van der Waals surface area contributed by atoms with Crippen LogP contribution in [0.2, 0.25) is 0 Å². The molecule has 2 fully saturated rings. The van der Waals surface area contributed by atoms with E-state index in [4.69, 9.17) is 9.15 Å². The van der Waals surface area contributed by atoms with Gasteiger partial charge in [0.15, 0.2) is 6.61 Å². The number of furan rings is 1. The average Bonchev–Trinajstić information content (AvgIpc) is 3.29. The summed E-state index contributed by atoms with van der Waals surface area (Å²) in [7, 11) is 0. The van der Waals surface area contributed by atoms with Crippen LogP contribution in [0.1, 0.15) is 59.6 Å². The molecule has 0 spiro atoms. The largest absolute Gasteiger partial charge is 0.467 e. The number of carbonyl (C=O) groups is 3. The number of carbonyl (C=O) groups excluding carboxylic acids is 3. The molecule has 2 heterocycles. The Morgan fingerprint density at radius 3 is 2.59 bits per heavy atom. The Hall–Kier alpha value is -2.63. The van der Waals surface area contributed by atoms with Crippen molar-refractivity contribution in [3.8, 4) is 0 Å². The van der Waals surface area contributed by atoms with E-state index in [1.54, 1.807) is 6.26 Å². The highest BCUT2D eigenvalue weighted by Crippen LogP contribution is 2.40. The van der Waals surface area contributed by atoms with Gasteiger partial charge in [-0.1, -0.05) is 6.42 Å². The minimum Gasteiger partial charge on any atom is -0.467 e. The van der Waals surface area contributed by atoms with E-state index < -0.39 is 0 Å². The predicted molar refractivity (Wildman–Crippen MR) is 106 cm³/mol. The molecule has 6 heteroatoms. The molecule has 4 rings (SSSR count). The average molecular weight is 397 g/mol. The second-order valence-corrected chi connectivity index (χ2v) is 8.38. The minimum atomic E-state index is -0.341. The number of aromatic nitrogens is 1. The molecule has 0 aromatic carbocycles. The van der Waals surface area contributed by atoms with Crippen LogP contribution < -0.4 is 0 Å². The fraction of sp³-hybridized carbons (Fsp3) is 0.522. The molecule has 2 saturated carbocycles. The van der Waals surface area contributed by atoms with Gasteiger partial charge in [0.25, 0.3) is 0 Å². The first-order valence-corrected chi connectivity index (χ1v) is 10.4. The van der Waals surface area contributed by atoms with Gasteiger partial charge in [-0.3, -0.25) is 14.4 Å². The lowest BCUT2D eigenvalue weighted by atomic mass is 9.67. The quantitative estimate of drug-likeness (QED) is 0.546. The van der Waals surface area contributed by atoms with E-state index in [2.05, 4.69) is 0 Å². The summed E-state index contributed by atoms with van der Waals surface area (Å²) in [6.45, 7) is 4.12. The van der Waals surface area contributed by atoms with Crippen LogP contribution in [0.5, 0.6) is 0 Å². The summed E-state index contributed by atoms with van der Waals surface area (Å²) in [5.41, 5.74) is 2.35. The third-order valence-corrected chi connectivity index (χ3v) is 6.49. The number of esters is 1. The zero-order chi connectivity index (χ0) is 20.5. The monoisotopic (exact) mass is 397 g/mol.